The molecule has 1 aromatic rings. The van der Waals surface area contributed by atoms with Crippen molar-refractivity contribution in [1.29, 1.82) is 0 Å². The molecule has 100 valence electrons. The van der Waals surface area contributed by atoms with Crippen LogP contribution in [0.3, 0.4) is 0 Å². The van der Waals surface area contributed by atoms with E-state index in [1.54, 1.807) is 12.4 Å². The van der Waals surface area contributed by atoms with Crippen molar-refractivity contribution in [2.24, 2.45) is 0 Å². The van der Waals surface area contributed by atoms with Crippen LogP contribution in [0.4, 0.5) is 0 Å². The first kappa shape index (κ1) is 14.6. The van der Waals surface area contributed by atoms with Gasteiger partial charge >= 0.3 is 0 Å². The van der Waals surface area contributed by atoms with Gasteiger partial charge in [-0.05, 0) is 31.9 Å². The van der Waals surface area contributed by atoms with Gasteiger partial charge in [-0.15, -0.1) is 0 Å². The molecule has 0 radical (unpaired) electrons. The maximum atomic E-state index is 11.9. The lowest BCUT2D eigenvalue weighted by molar-refractivity contribution is -0.123. The van der Waals surface area contributed by atoms with Crippen LogP contribution in [-0.2, 0) is 11.3 Å². The van der Waals surface area contributed by atoms with Crippen LogP contribution in [-0.4, -0.2) is 23.0 Å². The molecule has 0 saturated heterocycles. The van der Waals surface area contributed by atoms with Crippen molar-refractivity contribution in [3.05, 3.63) is 30.1 Å². The second-order valence-electron chi connectivity index (χ2n) is 4.66. The summed E-state index contributed by atoms with van der Waals surface area (Å²) in [6, 6.07) is 3.93. The van der Waals surface area contributed by atoms with E-state index in [9.17, 15) is 4.79 Å². The van der Waals surface area contributed by atoms with E-state index in [0.717, 1.165) is 18.4 Å². The van der Waals surface area contributed by atoms with E-state index in [-0.39, 0.29) is 18.0 Å². The number of pyridine rings is 1. The highest BCUT2D eigenvalue weighted by Gasteiger charge is 2.13. The monoisotopic (exact) mass is 249 g/mol. The Hall–Kier alpha value is -1.42. The Morgan fingerprint density at radius 1 is 1.44 bits per heavy atom. The number of nitrogens with one attached hydrogen (secondary N) is 2. The van der Waals surface area contributed by atoms with E-state index in [1.807, 2.05) is 26.0 Å². The molecule has 2 atom stereocenters. The minimum absolute atomic E-state index is 0.0554. The molecule has 1 heterocycles. The largest absolute Gasteiger partial charge is 0.352 e. The first-order valence-corrected chi connectivity index (χ1v) is 6.56. The van der Waals surface area contributed by atoms with Crippen molar-refractivity contribution < 1.29 is 4.79 Å². The Balaban J connectivity index is 2.32. The number of carbonyl (C=O) groups is 1. The summed E-state index contributed by atoms with van der Waals surface area (Å²) in [5, 5.41) is 6.19. The number of hydrogen-bond acceptors (Lipinski definition) is 3. The van der Waals surface area contributed by atoms with Gasteiger partial charge in [0.25, 0.3) is 0 Å². The predicted octanol–water partition coefficient (Wildman–Crippen LogP) is 1.86. The Bertz CT molecular complexity index is 353. The highest BCUT2D eigenvalue weighted by Crippen LogP contribution is 1.98. The molecule has 1 amide bonds. The fraction of sp³-hybridized carbons (Fsp3) is 0.571. The molecule has 0 aromatic carbocycles. The summed E-state index contributed by atoms with van der Waals surface area (Å²) in [7, 11) is 0. The van der Waals surface area contributed by atoms with Gasteiger partial charge < -0.3 is 10.6 Å². The first-order valence-electron chi connectivity index (χ1n) is 6.56. The van der Waals surface area contributed by atoms with Crippen molar-refractivity contribution in [2.75, 3.05) is 0 Å². The average Bonchev–Trinajstić information content (AvgIpc) is 2.37. The lowest BCUT2D eigenvalue weighted by atomic mass is 10.2. The van der Waals surface area contributed by atoms with E-state index in [4.69, 9.17) is 0 Å². The van der Waals surface area contributed by atoms with E-state index in [2.05, 4.69) is 22.5 Å². The summed E-state index contributed by atoms with van der Waals surface area (Å²) in [5.41, 5.74) is 1.08. The Morgan fingerprint density at radius 2 is 2.22 bits per heavy atom. The van der Waals surface area contributed by atoms with Crippen molar-refractivity contribution in [2.45, 2.75) is 52.2 Å². The Morgan fingerprint density at radius 3 is 2.83 bits per heavy atom. The van der Waals surface area contributed by atoms with Gasteiger partial charge in [0.05, 0.1) is 6.04 Å². The lowest BCUT2D eigenvalue weighted by Crippen LogP contribution is -2.45. The fourth-order valence-electron chi connectivity index (χ4n) is 1.74. The molecule has 18 heavy (non-hydrogen) atoms. The molecule has 0 saturated carbocycles. The average molecular weight is 249 g/mol. The first-order chi connectivity index (χ1) is 8.63. The maximum Gasteiger partial charge on any atom is 0.237 e. The molecule has 4 heteroatoms. The highest BCUT2D eigenvalue weighted by molar-refractivity contribution is 5.81. The van der Waals surface area contributed by atoms with Gasteiger partial charge in [0.1, 0.15) is 0 Å². The molecule has 0 aliphatic heterocycles. The van der Waals surface area contributed by atoms with Crippen molar-refractivity contribution in [3.8, 4) is 0 Å². The zero-order chi connectivity index (χ0) is 13.4. The topological polar surface area (TPSA) is 54.0 Å². The van der Waals surface area contributed by atoms with E-state index in [1.165, 1.54) is 0 Å². The molecule has 4 nitrogen and oxygen atoms in total. The SMILES string of the molecule is CCCC(C)NC(=O)C(C)NCc1cccnc1. The zero-order valence-electron chi connectivity index (χ0n) is 11.4. The van der Waals surface area contributed by atoms with Gasteiger partial charge in [0.15, 0.2) is 0 Å². The smallest absolute Gasteiger partial charge is 0.237 e. The second-order valence-corrected chi connectivity index (χ2v) is 4.66. The van der Waals surface area contributed by atoms with Crippen LogP contribution in [0.25, 0.3) is 0 Å². The van der Waals surface area contributed by atoms with Crippen LogP contribution in [0, 0.1) is 0 Å². The maximum absolute atomic E-state index is 11.9. The molecule has 0 fully saturated rings. The normalized spacial score (nSPS) is 13.9. The zero-order valence-corrected chi connectivity index (χ0v) is 11.4. The number of amides is 1. The van der Waals surface area contributed by atoms with Crippen LogP contribution in [0.15, 0.2) is 24.5 Å². The minimum Gasteiger partial charge on any atom is -0.352 e. The lowest BCUT2D eigenvalue weighted by Gasteiger charge is -2.18. The molecular formula is C14H23N3O. The molecule has 1 aromatic heterocycles. The Kier molecular flexibility index (Phi) is 6.36. The van der Waals surface area contributed by atoms with Crippen molar-refractivity contribution >= 4 is 5.91 Å². The van der Waals surface area contributed by atoms with Gasteiger partial charge in [0.2, 0.25) is 5.91 Å². The third kappa shape index (κ3) is 5.27. The third-order valence-corrected chi connectivity index (χ3v) is 2.84. The molecule has 0 spiro atoms. The number of nitrogens with zero attached hydrogens (tertiary/aromatic N) is 1. The van der Waals surface area contributed by atoms with Gasteiger partial charge in [-0.25, -0.2) is 0 Å². The summed E-state index contributed by atoms with van der Waals surface area (Å²) >= 11 is 0. The summed E-state index contributed by atoms with van der Waals surface area (Å²) in [6.45, 7) is 6.69. The van der Waals surface area contributed by atoms with Gasteiger partial charge in [0, 0.05) is 25.0 Å². The molecule has 0 aliphatic rings. The summed E-state index contributed by atoms with van der Waals surface area (Å²) < 4.78 is 0. The van der Waals surface area contributed by atoms with Crippen LogP contribution in [0.2, 0.25) is 0 Å². The minimum atomic E-state index is -0.190. The van der Waals surface area contributed by atoms with Crippen molar-refractivity contribution in [1.82, 2.24) is 15.6 Å². The van der Waals surface area contributed by atoms with Gasteiger partial charge in [-0.3, -0.25) is 9.78 Å². The molecule has 0 aliphatic carbocycles. The van der Waals surface area contributed by atoms with Crippen LogP contribution >= 0.6 is 0 Å². The summed E-state index contributed by atoms with van der Waals surface area (Å²) in [5.74, 6) is 0.0554. The van der Waals surface area contributed by atoms with E-state index < -0.39 is 0 Å². The van der Waals surface area contributed by atoms with Crippen LogP contribution in [0.5, 0.6) is 0 Å². The molecule has 1 rings (SSSR count). The molecular weight excluding hydrogens is 226 g/mol. The fourth-order valence-corrected chi connectivity index (χ4v) is 1.74. The number of hydrogen-bond donors (Lipinski definition) is 2. The molecule has 2 N–H and O–H groups in total. The van der Waals surface area contributed by atoms with Crippen LogP contribution < -0.4 is 10.6 Å². The van der Waals surface area contributed by atoms with Crippen molar-refractivity contribution in [3.63, 3.8) is 0 Å². The molecule has 0 bridgehead atoms. The van der Waals surface area contributed by atoms with Gasteiger partial charge in [-0.2, -0.15) is 0 Å². The summed E-state index contributed by atoms with van der Waals surface area (Å²) in [4.78, 5) is 15.9. The quantitative estimate of drug-likeness (QED) is 0.775. The summed E-state index contributed by atoms with van der Waals surface area (Å²) in [6.07, 6.45) is 5.64. The predicted molar refractivity (Wildman–Crippen MR) is 73.1 cm³/mol. The third-order valence-electron chi connectivity index (χ3n) is 2.84. The standard InChI is InChI=1S/C14H23N3O/c1-4-6-11(2)17-14(18)12(3)16-10-13-7-5-8-15-9-13/h5,7-9,11-12,16H,4,6,10H2,1-3H3,(H,17,18). The van der Waals surface area contributed by atoms with Gasteiger partial charge in [-0.1, -0.05) is 19.4 Å². The number of rotatable bonds is 7. The highest BCUT2D eigenvalue weighted by atomic mass is 16.2. The van der Waals surface area contributed by atoms with E-state index in [0.29, 0.717) is 6.54 Å². The number of carbonyl (C=O) groups excluding carboxylic acids is 1. The van der Waals surface area contributed by atoms with Crippen LogP contribution in [0.1, 0.15) is 39.2 Å². The number of aromatic nitrogens is 1. The Labute approximate surface area is 109 Å². The molecule has 2 unspecified atom stereocenters. The second kappa shape index (κ2) is 7.82. The van der Waals surface area contributed by atoms with E-state index >= 15 is 0 Å².